The minimum Gasteiger partial charge on any atom is -0.315 e. The SMILES string of the molecule is CC(C)(C)N1C[C@@H]2CNC[C@@H]21.CC(C)(C)N1C[C@H]2CNC[C@H]21.CN1C[C@@H]2CN(C(C)(C)C)[C@@H]2C1.CN1C[C@H]2CN(C(C)(C)C)[C@H]2C1. The fourth-order valence-electron chi connectivity index (χ4n) is 9.82. The number of nitrogens with zero attached hydrogens (tertiary/aromatic N) is 6. The van der Waals surface area contributed by atoms with E-state index in [1.807, 2.05) is 0 Å². The van der Waals surface area contributed by atoms with Gasteiger partial charge in [0.15, 0.2) is 0 Å². The molecule has 0 aromatic carbocycles. The molecule has 0 saturated carbocycles. The molecule has 0 aromatic rings. The summed E-state index contributed by atoms with van der Waals surface area (Å²) in [6.07, 6.45) is 0. The third kappa shape index (κ3) is 8.01. The van der Waals surface area contributed by atoms with Crippen LogP contribution in [0.3, 0.4) is 0 Å². The van der Waals surface area contributed by atoms with E-state index in [1.54, 1.807) is 0 Å². The summed E-state index contributed by atoms with van der Waals surface area (Å²) >= 11 is 0. The highest BCUT2D eigenvalue weighted by Crippen LogP contribution is 2.38. The monoisotopic (exact) mass is 645 g/mol. The zero-order chi connectivity index (χ0) is 34.0. The van der Waals surface area contributed by atoms with Crippen molar-refractivity contribution in [2.75, 3.05) is 92.6 Å². The van der Waals surface area contributed by atoms with Gasteiger partial charge >= 0.3 is 0 Å². The average Bonchev–Trinajstić information content (AvgIpc) is 3.54. The number of likely N-dealkylation sites (tertiary alicyclic amines) is 6. The lowest BCUT2D eigenvalue weighted by atomic mass is 9.86. The Morgan fingerprint density at radius 1 is 0.348 bits per heavy atom. The first-order valence-electron chi connectivity index (χ1n) is 19.0. The molecule has 8 heterocycles. The molecule has 8 nitrogen and oxygen atoms in total. The van der Waals surface area contributed by atoms with E-state index in [-0.39, 0.29) is 0 Å². The molecule has 8 fully saturated rings. The summed E-state index contributed by atoms with van der Waals surface area (Å²) < 4.78 is 0. The van der Waals surface area contributed by atoms with Crippen LogP contribution < -0.4 is 10.6 Å². The topological polar surface area (TPSA) is 43.5 Å². The summed E-state index contributed by atoms with van der Waals surface area (Å²) in [6, 6.07) is 3.40. The van der Waals surface area contributed by atoms with Crippen molar-refractivity contribution in [1.29, 1.82) is 0 Å². The van der Waals surface area contributed by atoms with Gasteiger partial charge in [-0.25, -0.2) is 0 Å². The molecular weight excluding hydrogens is 568 g/mol. The third-order valence-corrected chi connectivity index (χ3v) is 12.6. The quantitative estimate of drug-likeness (QED) is 0.416. The van der Waals surface area contributed by atoms with Crippen molar-refractivity contribution in [1.82, 2.24) is 40.0 Å². The minimum atomic E-state index is 0.381. The van der Waals surface area contributed by atoms with E-state index in [9.17, 15) is 0 Å². The zero-order valence-corrected chi connectivity index (χ0v) is 32.8. The van der Waals surface area contributed by atoms with E-state index >= 15 is 0 Å². The van der Waals surface area contributed by atoms with E-state index in [0.29, 0.717) is 22.2 Å². The smallest absolute Gasteiger partial charge is 0.0281 e. The molecule has 0 amide bonds. The van der Waals surface area contributed by atoms with Crippen LogP contribution in [0.15, 0.2) is 0 Å². The lowest BCUT2D eigenvalue weighted by Crippen LogP contribution is -2.62. The Kier molecular flexibility index (Phi) is 10.8. The fraction of sp³-hybridized carbons (Fsp3) is 1.00. The molecule has 8 heteroatoms. The van der Waals surface area contributed by atoms with E-state index in [1.165, 1.54) is 78.5 Å². The maximum Gasteiger partial charge on any atom is 0.0281 e. The highest BCUT2D eigenvalue weighted by Gasteiger charge is 2.50. The van der Waals surface area contributed by atoms with Gasteiger partial charge in [0.1, 0.15) is 0 Å². The average molecular weight is 645 g/mol. The van der Waals surface area contributed by atoms with E-state index < -0.39 is 0 Å². The molecule has 268 valence electrons. The van der Waals surface area contributed by atoms with Crippen LogP contribution in [0, 0.1) is 23.7 Å². The summed E-state index contributed by atoms with van der Waals surface area (Å²) in [5, 5.41) is 6.89. The van der Waals surface area contributed by atoms with Crippen LogP contribution in [-0.4, -0.2) is 168 Å². The molecule has 0 bridgehead atoms. The predicted octanol–water partition coefficient (Wildman–Crippen LogP) is 3.44. The highest BCUT2D eigenvalue weighted by molar-refractivity contribution is 5.06. The molecule has 8 rings (SSSR count). The lowest BCUT2D eigenvalue weighted by Gasteiger charge is -2.51. The second-order valence-corrected chi connectivity index (χ2v) is 20.4. The Morgan fingerprint density at radius 3 is 0.891 bits per heavy atom. The molecule has 8 atom stereocenters. The first kappa shape index (κ1) is 36.9. The Balaban J connectivity index is 0.000000121. The molecule has 0 spiro atoms. The summed E-state index contributed by atoms with van der Waals surface area (Å²) in [6.45, 7) is 43.1. The van der Waals surface area contributed by atoms with E-state index in [4.69, 9.17) is 0 Å². The summed E-state index contributed by atoms with van der Waals surface area (Å²) in [7, 11) is 4.47. The van der Waals surface area contributed by atoms with Crippen molar-refractivity contribution < 1.29 is 0 Å². The summed E-state index contributed by atoms with van der Waals surface area (Å²) in [5.41, 5.74) is 1.53. The van der Waals surface area contributed by atoms with Crippen molar-refractivity contribution in [2.45, 2.75) is 129 Å². The predicted molar refractivity (Wildman–Crippen MR) is 196 cm³/mol. The molecule has 0 aromatic heterocycles. The Hall–Kier alpha value is -0.320. The molecular formula is C38H76N8. The van der Waals surface area contributed by atoms with Crippen LogP contribution in [0.1, 0.15) is 83.1 Å². The van der Waals surface area contributed by atoms with Crippen LogP contribution >= 0.6 is 0 Å². The van der Waals surface area contributed by atoms with E-state index in [2.05, 4.69) is 137 Å². The first-order chi connectivity index (χ1) is 21.1. The van der Waals surface area contributed by atoms with Crippen LogP contribution in [0.4, 0.5) is 0 Å². The van der Waals surface area contributed by atoms with Crippen LogP contribution in [0.25, 0.3) is 0 Å². The van der Waals surface area contributed by atoms with Gasteiger partial charge < -0.3 is 20.4 Å². The van der Waals surface area contributed by atoms with Crippen molar-refractivity contribution in [3.8, 4) is 0 Å². The van der Waals surface area contributed by atoms with Crippen molar-refractivity contribution in [2.24, 2.45) is 23.7 Å². The molecule has 8 aliphatic heterocycles. The molecule has 0 aliphatic carbocycles. The minimum absolute atomic E-state index is 0.381. The number of likely N-dealkylation sites (N-methyl/N-ethyl adjacent to an activating group) is 2. The molecule has 0 radical (unpaired) electrons. The van der Waals surface area contributed by atoms with Gasteiger partial charge in [0.2, 0.25) is 0 Å². The van der Waals surface area contributed by atoms with Gasteiger partial charge in [-0.2, -0.15) is 0 Å². The summed E-state index contributed by atoms with van der Waals surface area (Å²) in [4.78, 5) is 15.4. The van der Waals surface area contributed by atoms with Gasteiger partial charge in [-0.3, -0.25) is 19.6 Å². The Labute approximate surface area is 285 Å². The van der Waals surface area contributed by atoms with Gasteiger partial charge in [-0.1, -0.05) is 0 Å². The van der Waals surface area contributed by atoms with Gasteiger partial charge in [-0.05, 0) is 97.2 Å². The maximum absolute atomic E-state index is 3.44. The molecule has 2 N–H and O–H groups in total. The standard InChI is InChI=1S/2C10H20N2.2C9H18N2/c2*1-10(2,3)12-6-8-5-11(4)7-9(8)12;2*1-9(2,3)11-6-7-4-10-5-8(7)11/h2*8-9H,5-7H2,1-4H3;2*7-8,10H,4-6H2,1-3H3/t2*8-,9-;2*7-,8-/m1010/s1. The van der Waals surface area contributed by atoms with Crippen molar-refractivity contribution >= 4 is 0 Å². The van der Waals surface area contributed by atoms with Gasteiger partial charge in [0, 0.05) is 149 Å². The Morgan fingerprint density at radius 2 is 0.630 bits per heavy atom. The zero-order valence-electron chi connectivity index (χ0n) is 32.8. The van der Waals surface area contributed by atoms with E-state index in [0.717, 1.165) is 47.8 Å². The molecule has 46 heavy (non-hydrogen) atoms. The Bertz CT molecular complexity index is 924. The fourth-order valence-corrected chi connectivity index (χ4v) is 9.82. The maximum atomic E-state index is 3.44. The van der Waals surface area contributed by atoms with Gasteiger partial charge in [0.05, 0.1) is 0 Å². The molecule has 8 aliphatic rings. The molecule has 8 saturated heterocycles. The summed E-state index contributed by atoms with van der Waals surface area (Å²) in [5.74, 6) is 3.84. The molecule has 0 unspecified atom stereocenters. The second kappa shape index (κ2) is 13.4. The largest absolute Gasteiger partial charge is 0.315 e. The van der Waals surface area contributed by atoms with Crippen LogP contribution in [0.2, 0.25) is 0 Å². The lowest BCUT2D eigenvalue weighted by molar-refractivity contribution is -0.0269. The van der Waals surface area contributed by atoms with Crippen LogP contribution in [-0.2, 0) is 0 Å². The number of nitrogens with one attached hydrogen (secondary N) is 2. The number of fused-ring (bicyclic) bond motifs is 4. The number of hydrogen-bond acceptors (Lipinski definition) is 8. The third-order valence-electron chi connectivity index (χ3n) is 12.6. The second-order valence-electron chi connectivity index (χ2n) is 20.4. The van der Waals surface area contributed by atoms with Crippen molar-refractivity contribution in [3.05, 3.63) is 0 Å². The number of rotatable bonds is 0. The highest BCUT2D eigenvalue weighted by atomic mass is 15.4. The van der Waals surface area contributed by atoms with Gasteiger partial charge in [-0.15, -0.1) is 0 Å². The van der Waals surface area contributed by atoms with Crippen LogP contribution in [0.5, 0.6) is 0 Å². The van der Waals surface area contributed by atoms with Gasteiger partial charge in [0.25, 0.3) is 0 Å². The number of hydrogen-bond donors (Lipinski definition) is 2. The first-order valence-corrected chi connectivity index (χ1v) is 19.0. The van der Waals surface area contributed by atoms with Crippen molar-refractivity contribution in [3.63, 3.8) is 0 Å². The normalized spacial score (nSPS) is 38.2.